The van der Waals surface area contributed by atoms with E-state index in [1.807, 2.05) is 18.2 Å². The highest BCUT2D eigenvalue weighted by Gasteiger charge is 2.11. The van der Waals surface area contributed by atoms with E-state index in [9.17, 15) is 8.42 Å². The Bertz CT molecular complexity index is 654. The molecule has 0 spiro atoms. The van der Waals surface area contributed by atoms with E-state index in [0.29, 0.717) is 17.9 Å². The van der Waals surface area contributed by atoms with E-state index in [-0.39, 0.29) is 18.1 Å². The smallest absolute Gasteiger partial charge is 0.156 e. The van der Waals surface area contributed by atoms with Gasteiger partial charge in [-0.1, -0.05) is 18.2 Å². The minimum absolute atomic E-state index is 0.0753. The maximum absolute atomic E-state index is 11.6. The number of aromatic nitrogens is 1. The van der Waals surface area contributed by atoms with Crippen LogP contribution >= 0.6 is 0 Å². The van der Waals surface area contributed by atoms with Gasteiger partial charge in [0.15, 0.2) is 9.84 Å². The molecular weight excluding hydrogens is 290 g/mol. The van der Waals surface area contributed by atoms with E-state index in [1.54, 1.807) is 30.5 Å². The van der Waals surface area contributed by atoms with E-state index in [1.165, 1.54) is 0 Å². The fourth-order valence-electron chi connectivity index (χ4n) is 1.79. The first-order valence-electron chi connectivity index (χ1n) is 6.52. The molecule has 0 aliphatic heterocycles. The summed E-state index contributed by atoms with van der Waals surface area (Å²) in [6.07, 6.45) is 1.70. The number of aliphatic hydroxyl groups excluding tert-OH is 1. The van der Waals surface area contributed by atoms with Gasteiger partial charge in [-0.2, -0.15) is 0 Å². The number of hydrogen-bond acceptors (Lipinski definition) is 5. The van der Waals surface area contributed by atoms with Crippen LogP contribution in [0.25, 0.3) is 0 Å². The van der Waals surface area contributed by atoms with Crippen LogP contribution in [-0.4, -0.2) is 30.9 Å². The average molecular weight is 307 g/mol. The van der Waals surface area contributed by atoms with Gasteiger partial charge in [-0.25, -0.2) is 8.42 Å². The van der Waals surface area contributed by atoms with E-state index in [0.717, 1.165) is 5.69 Å². The summed E-state index contributed by atoms with van der Waals surface area (Å²) in [7, 11) is -3.25. The van der Waals surface area contributed by atoms with E-state index in [4.69, 9.17) is 9.84 Å². The van der Waals surface area contributed by atoms with Gasteiger partial charge < -0.3 is 9.84 Å². The molecule has 0 aliphatic rings. The van der Waals surface area contributed by atoms with Crippen molar-refractivity contribution < 1.29 is 18.3 Å². The summed E-state index contributed by atoms with van der Waals surface area (Å²) < 4.78 is 28.8. The van der Waals surface area contributed by atoms with Gasteiger partial charge in [-0.15, -0.1) is 0 Å². The number of aliphatic hydroxyl groups is 1. The average Bonchev–Trinajstić information content (AvgIpc) is 2.47. The molecule has 0 unspecified atom stereocenters. The fraction of sp³-hybridized carbons (Fsp3) is 0.267. The fourth-order valence-corrected chi connectivity index (χ4v) is 2.91. The molecule has 0 fully saturated rings. The molecule has 6 heteroatoms. The van der Waals surface area contributed by atoms with Crippen LogP contribution in [0.15, 0.2) is 48.7 Å². The third kappa shape index (κ3) is 5.17. The zero-order valence-corrected chi connectivity index (χ0v) is 12.3. The highest BCUT2D eigenvalue weighted by Crippen LogP contribution is 2.15. The topological polar surface area (TPSA) is 76.5 Å². The molecular formula is C15H17NO4S. The summed E-state index contributed by atoms with van der Waals surface area (Å²) in [5, 5.41) is 8.70. The van der Waals surface area contributed by atoms with Crippen LogP contribution in [0, 0.1) is 0 Å². The van der Waals surface area contributed by atoms with Gasteiger partial charge in [0.2, 0.25) is 0 Å². The monoisotopic (exact) mass is 307 g/mol. The van der Waals surface area contributed by atoms with Crippen molar-refractivity contribution in [1.29, 1.82) is 0 Å². The van der Waals surface area contributed by atoms with Crippen LogP contribution in [0.2, 0.25) is 0 Å². The van der Waals surface area contributed by atoms with Crippen LogP contribution in [0.1, 0.15) is 11.3 Å². The molecule has 0 aliphatic carbocycles. The summed E-state index contributed by atoms with van der Waals surface area (Å²) in [6, 6.07) is 12.5. The molecule has 0 amide bonds. The highest BCUT2D eigenvalue weighted by molar-refractivity contribution is 7.90. The molecule has 0 saturated heterocycles. The predicted molar refractivity (Wildman–Crippen MR) is 79.6 cm³/mol. The second-order valence-electron chi connectivity index (χ2n) is 4.57. The van der Waals surface area contributed by atoms with Crippen molar-refractivity contribution in [3.63, 3.8) is 0 Å². The Morgan fingerprint density at radius 3 is 2.48 bits per heavy atom. The van der Waals surface area contributed by atoms with Gasteiger partial charge in [0.05, 0.1) is 23.8 Å². The van der Waals surface area contributed by atoms with Crippen LogP contribution in [0.5, 0.6) is 5.75 Å². The van der Waals surface area contributed by atoms with E-state index in [2.05, 4.69) is 4.98 Å². The van der Waals surface area contributed by atoms with Crippen molar-refractivity contribution in [2.24, 2.45) is 0 Å². The quantitative estimate of drug-likeness (QED) is 0.840. The molecule has 5 nitrogen and oxygen atoms in total. The lowest BCUT2D eigenvalue weighted by molar-refractivity contribution is 0.301. The van der Waals surface area contributed by atoms with Crippen LogP contribution in [0.4, 0.5) is 0 Å². The Hall–Kier alpha value is -1.92. The zero-order valence-electron chi connectivity index (χ0n) is 11.5. The second kappa shape index (κ2) is 7.19. The number of sulfone groups is 1. The minimum atomic E-state index is -3.25. The van der Waals surface area contributed by atoms with Crippen molar-refractivity contribution in [1.82, 2.24) is 4.98 Å². The first-order valence-corrected chi connectivity index (χ1v) is 8.34. The van der Waals surface area contributed by atoms with E-state index < -0.39 is 9.84 Å². The Balaban J connectivity index is 1.93. The third-order valence-electron chi connectivity index (χ3n) is 2.83. The molecule has 0 saturated carbocycles. The molecule has 21 heavy (non-hydrogen) atoms. The zero-order chi connectivity index (χ0) is 15.1. The first-order chi connectivity index (χ1) is 10.1. The SMILES string of the molecule is O=S(=O)(CCO)Cc1ccc(OCc2ccccn2)cc1. The Morgan fingerprint density at radius 2 is 1.86 bits per heavy atom. The van der Waals surface area contributed by atoms with Gasteiger partial charge in [0, 0.05) is 6.20 Å². The molecule has 112 valence electrons. The van der Waals surface area contributed by atoms with Crippen LogP contribution < -0.4 is 4.74 Å². The minimum Gasteiger partial charge on any atom is -0.487 e. The highest BCUT2D eigenvalue weighted by atomic mass is 32.2. The summed E-state index contributed by atoms with van der Waals surface area (Å²) in [4.78, 5) is 4.15. The Kier molecular flexibility index (Phi) is 5.30. The van der Waals surface area contributed by atoms with Gasteiger partial charge in [0.25, 0.3) is 0 Å². The first kappa shape index (κ1) is 15.5. The number of ether oxygens (including phenoxy) is 1. The van der Waals surface area contributed by atoms with Crippen LogP contribution in [0.3, 0.4) is 0 Å². The lowest BCUT2D eigenvalue weighted by Gasteiger charge is -2.07. The lowest BCUT2D eigenvalue weighted by atomic mass is 10.2. The molecule has 1 aromatic carbocycles. The second-order valence-corrected chi connectivity index (χ2v) is 6.75. The molecule has 0 radical (unpaired) electrons. The standard InChI is InChI=1S/C15H17NO4S/c17-9-10-21(18,19)12-13-4-6-15(7-5-13)20-11-14-3-1-2-8-16-14/h1-8,17H,9-12H2. The number of nitrogens with zero attached hydrogens (tertiary/aromatic N) is 1. The Labute approximate surface area is 124 Å². The largest absolute Gasteiger partial charge is 0.487 e. The van der Waals surface area contributed by atoms with Crippen molar-refractivity contribution in [3.8, 4) is 5.75 Å². The van der Waals surface area contributed by atoms with E-state index >= 15 is 0 Å². The lowest BCUT2D eigenvalue weighted by Crippen LogP contribution is -2.12. The van der Waals surface area contributed by atoms with Crippen molar-refractivity contribution in [2.75, 3.05) is 12.4 Å². The molecule has 1 heterocycles. The van der Waals surface area contributed by atoms with Crippen molar-refractivity contribution in [2.45, 2.75) is 12.4 Å². The maximum Gasteiger partial charge on any atom is 0.156 e. The number of hydrogen-bond donors (Lipinski definition) is 1. The molecule has 2 rings (SSSR count). The van der Waals surface area contributed by atoms with Gasteiger partial charge >= 0.3 is 0 Å². The summed E-state index contributed by atoms with van der Waals surface area (Å²) >= 11 is 0. The Morgan fingerprint density at radius 1 is 1.10 bits per heavy atom. The normalized spacial score (nSPS) is 11.3. The summed E-state index contributed by atoms with van der Waals surface area (Å²) in [5.74, 6) is 0.364. The molecule has 2 aromatic rings. The van der Waals surface area contributed by atoms with Crippen molar-refractivity contribution in [3.05, 3.63) is 59.9 Å². The number of benzene rings is 1. The molecule has 0 bridgehead atoms. The van der Waals surface area contributed by atoms with Gasteiger partial charge in [0.1, 0.15) is 12.4 Å². The maximum atomic E-state index is 11.6. The molecule has 1 N–H and O–H groups in total. The van der Waals surface area contributed by atoms with Gasteiger partial charge in [-0.05, 0) is 29.8 Å². The predicted octanol–water partition coefficient (Wildman–Crippen LogP) is 1.57. The third-order valence-corrected chi connectivity index (χ3v) is 4.40. The summed E-state index contributed by atoms with van der Waals surface area (Å²) in [5.41, 5.74) is 1.50. The van der Waals surface area contributed by atoms with Crippen molar-refractivity contribution >= 4 is 9.84 Å². The number of rotatable bonds is 7. The molecule has 1 aromatic heterocycles. The molecule has 0 atom stereocenters. The van der Waals surface area contributed by atoms with Gasteiger partial charge in [-0.3, -0.25) is 4.98 Å². The summed E-state index contributed by atoms with van der Waals surface area (Å²) in [6.45, 7) is 0.0105. The number of pyridine rings is 1. The van der Waals surface area contributed by atoms with Crippen LogP contribution in [-0.2, 0) is 22.2 Å².